The fourth-order valence-corrected chi connectivity index (χ4v) is 2.22. The summed E-state index contributed by atoms with van der Waals surface area (Å²) in [6.45, 7) is 4.78. The van der Waals surface area contributed by atoms with Gasteiger partial charge in [0, 0.05) is 39.1 Å². The summed E-state index contributed by atoms with van der Waals surface area (Å²) in [7, 11) is 0. The average molecular weight is 238 g/mol. The Morgan fingerprint density at radius 1 is 1.29 bits per heavy atom. The molecule has 1 saturated heterocycles. The van der Waals surface area contributed by atoms with Crippen molar-refractivity contribution < 1.29 is 4.79 Å². The van der Waals surface area contributed by atoms with E-state index in [1.165, 1.54) is 19.3 Å². The normalized spacial score (nSPS) is 21.6. The first-order chi connectivity index (χ1) is 8.36. The number of piperazine rings is 1. The van der Waals surface area contributed by atoms with Gasteiger partial charge in [-0.2, -0.15) is 0 Å². The maximum absolute atomic E-state index is 11.9. The second-order valence-electron chi connectivity index (χ2n) is 4.62. The fourth-order valence-electron chi connectivity index (χ4n) is 2.22. The third-order valence-electron chi connectivity index (χ3n) is 3.29. The zero-order valence-electron chi connectivity index (χ0n) is 10.4. The van der Waals surface area contributed by atoms with Crippen LogP contribution in [0, 0.1) is 0 Å². The van der Waals surface area contributed by atoms with Gasteiger partial charge in [-0.1, -0.05) is 6.42 Å². The molecule has 0 aromatic rings. The molecule has 2 aliphatic rings. The number of aliphatic imine (C=N–C) groups is 1. The van der Waals surface area contributed by atoms with Crippen molar-refractivity contribution in [1.82, 2.24) is 15.5 Å². The van der Waals surface area contributed by atoms with E-state index < -0.39 is 0 Å². The summed E-state index contributed by atoms with van der Waals surface area (Å²) in [5.41, 5.74) is 0. The number of nitrogens with zero attached hydrogens (tertiary/aromatic N) is 2. The predicted octanol–water partition coefficient (Wildman–Crippen LogP) is -0.0197. The molecule has 96 valence electrons. The molecule has 5 heteroatoms. The minimum atomic E-state index is 0.193. The van der Waals surface area contributed by atoms with Gasteiger partial charge in [-0.25, -0.2) is 0 Å². The van der Waals surface area contributed by atoms with Crippen LogP contribution < -0.4 is 10.6 Å². The lowest BCUT2D eigenvalue weighted by Gasteiger charge is -2.27. The SMILES string of the molecule is O=C(CNC1=NCCCCC1)N1CCNCC1. The maximum atomic E-state index is 11.9. The van der Waals surface area contributed by atoms with Gasteiger partial charge in [0.2, 0.25) is 5.91 Å². The molecule has 2 aliphatic heterocycles. The summed E-state index contributed by atoms with van der Waals surface area (Å²) in [4.78, 5) is 18.3. The second kappa shape index (κ2) is 6.59. The molecule has 0 spiro atoms. The van der Waals surface area contributed by atoms with Gasteiger partial charge in [0.25, 0.3) is 0 Å². The van der Waals surface area contributed by atoms with Crippen LogP contribution in [0.15, 0.2) is 4.99 Å². The molecule has 0 bridgehead atoms. The van der Waals surface area contributed by atoms with E-state index in [4.69, 9.17) is 0 Å². The number of rotatable bonds is 2. The van der Waals surface area contributed by atoms with E-state index in [1.54, 1.807) is 0 Å². The molecule has 1 amide bonds. The van der Waals surface area contributed by atoms with Gasteiger partial charge in [-0.05, 0) is 12.8 Å². The summed E-state index contributed by atoms with van der Waals surface area (Å²) < 4.78 is 0. The smallest absolute Gasteiger partial charge is 0.241 e. The van der Waals surface area contributed by atoms with Crippen molar-refractivity contribution in [2.75, 3.05) is 39.3 Å². The number of amides is 1. The zero-order chi connectivity index (χ0) is 11.9. The Hall–Kier alpha value is -1.10. The molecule has 2 heterocycles. The van der Waals surface area contributed by atoms with Crippen molar-refractivity contribution in [2.45, 2.75) is 25.7 Å². The molecular formula is C12H22N4O. The van der Waals surface area contributed by atoms with Gasteiger partial charge in [0.05, 0.1) is 12.4 Å². The molecule has 5 nitrogen and oxygen atoms in total. The van der Waals surface area contributed by atoms with Gasteiger partial charge in [-0.15, -0.1) is 0 Å². The standard InChI is InChI=1S/C12H22N4O/c17-12(16-8-6-13-7-9-16)10-15-11-4-2-1-3-5-14-11/h13H,1-10H2,(H,14,15). The molecule has 0 radical (unpaired) electrons. The van der Waals surface area contributed by atoms with Crippen LogP contribution in [0.4, 0.5) is 0 Å². The summed E-state index contributed by atoms with van der Waals surface area (Å²) in [5.74, 6) is 1.21. The Labute approximate surface area is 103 Å². The zero-order valence-corrected chi connectivity index (χ0v) is 10.4. The second-order valence-corrected chi connectivity index (χ2v) is 4.62. The number of amidine groups is 1. The molecule has 17 heavy (non-hydrogen) atoms. The summed E-state index contributed by atoms with van der Waals surface area (Å²) >= 11 is 0. The van der Waals surface area contributed by atoms with Crippen LogP contribution in [0.1, 0.15) is 25.7 Å². The first kappa shape index (κ1) is 12.4. The number of carbonyl (C=O) groups is 1. The number of carbonyl (C=O) groups excluding carboxylic acids is 1. The van der Waals surface area contributed by atoms with Crippen LogP contribution in [0.3, 0.4) is 0 Å². The van der Waals surface area contributed by atoms with Crippen molar-refractivity contribution >= 4 is 11.7 Å². The molecule has 0 saturated carbocycles. The predicted molar refractivity (Wildman–Crippen MR) is 68.2 cm³/mol. The van der Waals surface area contributed by atoms with Crippen LogP contribution in [-0.2, 0) is 4.79 Å². The summed E-state index contributed by atoms with van der Waals surface area (Å²) in [6.07, 6.45) is 4.61. The van der Waals surface area contributed by atoms with Crippen LogP contribution in [-0.4, -0.2) is 55.9 Å². The van der Waals surface area contributed by atoms with Crippen molar-refractivity contribution in [3.63, 3.8) is 0 Å². The highest BCUT2D eigenvalue weighted by Crippen LogP contribution is 2.05. The Bertz CT molecular complexity index is 284. The Morgan fingerprint density at radius 2 is 2.12 bits per heavy atom. The highest BCUT2D eigenvalue weighted by Gasteiger charge is 2.16. The minimum absolute atomic E-state index is 0.193. The first-order valence-electron chi connectivity index (χ1n) is 6.62. The number of nitrogens with one attached hydrogen (secondary N) is 2. The highest BCUT2D eigenvalue weighted by molar-refractivity contribution is 5.87. The van der Waals surface area contributed by atoms with Crippen molar-refractivity contribution in [3.05, 3.63) is 0 Å². The van der Waals surface area contributed by atoms with Crippen LogP contribution in [0.5, 0.6) is 0 Å². The van der Waals surface area contributed by atoms with E-state index in [0.29, 0.717) is 6.54 Å². The van der Waals surface area contributed by atoms with E-state index in [0.717, 1.165) is 45.0 Å². The van der Waals surface area contributed by atoms with E-state index in [2.05, 4.69) is 15.6 Å². The van der Waals surface area contributed by atoms with Gasteiger partial charge in [0.15, 0.2) is 0 Å². The Morgan fingerprint density at radius 3 is 2.94 bits per heavy atom. The van der Waals surface area contributed by atoms with Crippen LogP contribution in [0.25, 0.3) is 0 Å². The lowest BCUT2D eigenvalue weighted by molar-refractivity contribution is -0.130. The van der Waals surface area contributed by atoms with E-state index in [-0.39, 0.29) is 5.91 Å². The van der Waals surface area contributed by atoms with E-state index in [1.807, 2.05) is 4.90 Å². The highest BCUT2D eigenvalue weighted by atomic mass is 16.2. The lowest BCUT2D eigenvalue weighted by atomic mass is 10.2. The van der Waals surface area contributed by atoms with Gasteiger partial charge in [0.1, 0.15) is 0 Å². The third-order valence-corrected chi connectivity index (χ3v) is 3.29. The van der Waals surface area contributed by atoms with Gasteiger partial charge in [-0.3, -0.25) is 9.79 Å². The molecular weight excluding hydrogens is 216 g/mol. The first-order valence-corrected chi connectivity index (χ1v) is 6.62. The van der Waals surface area contributed by atoms with Crippen LogP contribution >= 0.6 is 0 Å². The molecule has 0 aliphatic carbocycles. The Kier molecular flexibility index (Phi) is 4.79. The fraction of sp³-hybridized carbons (Fsp3) is 0.833. The van der Waals surface area contributed by atoms with Gasteiger partial charge >= 0.3 is 0 Å². The lowest BCUT2D eigenvalue weighted by Crippen LogP contribution is -2.49. The van der Waals surface area contributed by atoms with Crippen molar-refractivity contribution in [2.24, 2.45) is 4.99 Å². The molecule has 1 fully saturated rings. The van der Waals surface area contributed by atoms with Crippen molar-refractivity contribution in [1.29, 1.82) is 0 Å². The summed E-state index contributed by atoms with van der Waals surface area (Å²) in [6, 6.07) is 0. The molecule has 0 unspecified atom stereocenters. The Balaban J connectivity index is 1.72. The van der Waals surface area contributed by atoms with Crippen LogP contribution in [0.2, 0.25) is 0 Å². The monoisotopic (exact) mass is 238 g/mol. The van der Waals surface area contributed by atoms with E-state index in [9.17, 15) is 4.79 Å². The maximum Gasteiger partial charge on any atom is 0.241 e. The molecule has 0 atom stereocenters. The van der Waals surface area contributed by atoms with Crippen molar-refractivity contribution in [3.8, 4) is 0 Å². The van der Waals surface area contributed by atoms with E-state index >= 15 is 0 Å². The third kappa shape index (κ3) is 4.00. The minimum Gasteiger partial charge on any atom is -0.365 e. The topological polar surface area (TPSA) is 56.7 Å². The molecule has 0 aromatic carbocycles. The summed E-state index contributed by atoms with van der Waals surface area (Å²) in [5, 5.41) is 6.44. The quantitative estimate of drug-likeness (QED) is 0.711. The number of hydrogen-bond donors (Lipinski definition) is 2. The number of hydrogen-bond acceptors (Lipinski definition) is 4. The molecule has 2 rings (SSSR count). The van der Waals surface area contributed by atoms with Gasteiger partial charge < -0.3 is 15.5 Å². The average Bonchev–Trinajstić information content (AvgIpc) is 2.65. The largest absolute Gasteiger partial charge is 0.365 e. The molecule has 2 N–H and O–H groups in total. The molecule has 0 aromatic heterocycles.